The minimum absolute atomic E-state index is 0.0243. The largest absolute Gasteiger partial charge is 0.382 e. The van der Waals surface area contributed by atoms with E-state index in [9.17, 15) is 0 Å². The van der Waals surface area contributed by atoms with Crippen molar-refractivity contribution in [3.63, 3.8) is 0 Å². The number of rotatable bonds is 7. The molecule has 1 aromatic heterocycles. The van der Waals surface area contributed by atoms with Crippen LogP contribution in [0.5, 0.6) is 0 Å². The number of ether oxygens (including phenoxy) is 2. The van der Waals surface area contributed by atoms with Crippen molar-refractivity contribution in [2.75, 3.05) is 26.9 Å². The average Bonchev–Trinajstić information content (AvgIpc) is 2.65. The van der Waals surface area contributed by atoms with Crippen molar-refractivity contribution in [3.05, 3.63) is 20.8 Å². The standard InChI is InChI=1S/C9H15BrN2O2S/c1-13-3-4-14-6-8(12-11)9-7(10)2-5-15-9/h2,5,8,12H,3-4,6,11H2,1H3. The summed E-state index contributed by atoms with van der Waals surface area (Å²) in [5, 5.41) is 2.01. The van der Waals surface area contributed by atoms with Crippen LogP contribution in [-0.2, 0) is 9.47 Å². The van der Waals surface area contributed by atoms with E-state index in [0.717, 1.165) is 9.35 Å². The van der Waals surface area contributed by atoms with Crippen molar-refractivity contribution in [1.82, 2.24) is 5.43 Å². The quantitative estimate of drug-likeness (QED) is 0.456. The first-order chi connectivity index (χ1) is 7.29. The monoisotopic (exact) mass is 294 g/mol. The zero-order chi connectivity index (χ0) is 11.1. The summed E-state index contributed by atoms with van der Waals surface area (Å²) in [6.45, 7) is 1.72. The van der Waals surface area contributed by atoms with Gasteiger partial charge >= 0.3 is 0 Å². The van der Waals surface area contributed by atoms with Gasteiger partial charge < -0.3 is 9.47 Å². The van der Waals surface area contributed by atoms with Gasteiger partial charge in [-0.15, -0.1) is 11.3 Å². The Balaban J connectivity index is 2.39. The van der Waals surface area contributed by atoms with Crippen LogP contribution in [0.2, 0.25) is 0 Å². The first-order valence-corrected chi connectivity index (χ1v) is 6.22. The van der Waals surface area contributed by atoms with Gasteiger partial charge in [-0.2, -0.15) is 0 Å². The number of methoxy groups -OCH3 is 1. The third-order valence-electron chi connectivity index (χ3n) is 1.88. The number of nitrogens with one attached hydrogen (secondary N) is 1. The Hall–Kier alpha value is 0.0200. The summed E-state index contributed by atoms with van der Waals surface area (Å²) in [5.41, 5.74) is 2.74. The zero-order valence-electron chi connectivity index (χ0n) is 8.53. The van der Waals surface area contributed by atoms with E-state index in [1.165, 1.54) is 0 Å². The lowest BCUT2D eigenvalue weighted by molar-refractivity contribution is 0.0590. The van der Waals surface area contributed by atoms with Crippen molar-refractivity contribution in [1.29, 1.82) is 0 Å². The van der Waals surface area contributed by atoms with Gasteiger partial charge in [0.2, 0.25) is 0 Å². The molecule has 1 rings (SSSR count). The number of hydrogen-bond donors (Lipinski definition) is 2. The maximum absolute atomic E-state index is 5.47. The summed E-state index contributed by atoms with van der Waals surface area (Å²) < 4.78 is 11.4. The van der Waals surface area contributed by atoms with E-state index in [4.69, 9.17) is 15.3 Å². The molecule has 86 valence electrons. The summed E-state index contributed by atoms with van der Waals surface area (Å²) in [6.07, 6.45) is 0. The summed E-state index contributed by atoms with van der Waals surface area (Å²) in [4.78, 5) is 1.15. The maximum atomic E-state index is 5.47. The smallest absolute Gasteiger partial charge is 0.0797 e. The molecule has 0 radical (unpaired) electrons. The molecule has 0 saturated carbocycles. The number of hydrazine groups is 1. The average molecular weight is 295 g/mol. The molecule has 6 heteroatoms. The zero-order valence-corrected chi connectivity index (χ0v) is 10.9. The van der Waals surface area contributed by atoms with Gasteiger partial charge in [-0.3, -0.25) is 5.84 Å². The lowest BCUT2D eigenvalue weighted by Gasteiger charge is -2.15. The fourth-order valence-electron chi connectivity index (χ4n) is 1.10. The highest BCUT2D eigenvalue weighted by Gasteiger charge is 2.14. The second-order valence-corrected chi connectivity index (χ2v) is 4.72. The minimum atomic E-state index is 0.0243. The lowest BCUT2D eigenvalue weighted by Crippen LogP contribution is -2.31. The van der Waals surface area contributed by atoms with E-state index >= 15 is 0 Å². The number of thiophene rings is 1. The lowest BCUT2D eigenvalue weighted by atomic mass is 10.3. The minimum Gasteiger partial charge on any atom is -0.382 e. The molecule has 0 saturated heterocycles. The summed E-state index contributed by atoms with van der Waals surface area (Å²) in [7, 11) is 1.65. The van der Waals surface area contributed by atoms with Gasteiger partial charge in [0.1, 0.15) is 0 Å². The molecule has 4 nitrogen and oxygen atoms in total. The molecule has 0 aliphatic heterocycles. The van der Waals surface area contributed by atoms with Crippen LogP contribution < -0.4 is 11.3 Å². The SMILES string of the molecule is COCCOCC(NN)c1sccc1Br. The first-order valence-electron chi connectivity index (χ1n) is 4.55. The molecule has 1 unspecified atom stereocenters. The summed E-state index contributed by atoms with van der Waals surface area (Å²) in [6, 6.07) is 2.02. The second-order valence-electron chi connectivity index (χ2n) is 2.92. The highest BCUT2D eigenvalue weighted by molar-refractivity contribution is 9.10. The molecule has 0 aliphatic carbocycles. The molecular formula is C9H15BrN2O2S. The van der Waals surface area contributed by atoms with Crippen LogP contribution in [0.15, 0.2) is 15.9 Å². The van der Waals surface area contributed by atoms with E-state index in [0.29, 0.717) is 19.8 Å². The highest BCUT2D eigenvalue weighted by Crippen LogP contribution is 2.28. The number of nitrogens with two attached hydrogens (primary N) is 1. The molecule has 1 heterocycles. The Morgan fingerprint density at radius 3 is 2.93 bits per heavy atom. The Labute approximate surface area is 102 Å². The molecule has 1 aromatic rings. The molecule has 1 atom stereocenters. The van der Waals surface area contributed by atoms with Gasteiger partial charge in [-0.05, 0) is 27.4 Å². The van der Waals surface area contributed by atoms with Crippen LogP contribution in [0.25, 0.3) is 0 Å². The van der Waals surface area contributed by atoms with Crippen LogP contribution >= 0.6 is 27.3 Å². The van der Waals surface area contributed by atoms with Crippen LogP contribution in [0.1, 0.15) is 10.9 Å². The fourth-order valence-corrected chi connectivity index (χ4v) is 2.79. The summed E-state index contributed by atoms with van der Waals surface area (Å²) in [5.74, 6) is 5.47. The molecule has 0 amide bonds. The van der Waals surface area contributed by atoms with Crippen molar-refractivity contribution >= 4 is 27.3 Å². The van der Waals surface area contributed by atoms with Crippen LogP contribution in [0.3, 0.4) is 0 Å². The van der Waals surface area contributed by atoms with E-state index in [-0.39, 0.29) is 6.04 Å². The van der Waals surface area contributed by atoms with E-state index in [1.54, 1.807) is 18.4 Å². The van der Waals surface area contributed by atoms with Crippen molar-refractivity contribution in [3.8, 4) is 0 Å². The van der Waals surface area contributed by atoms with E-state index < -0.39 is 0 Å². The Morgan fingerprint density at radius 1 is 1.60 bits per heavy atom. The van der Waals surface area contributed by atoms with Crippen molar-refractivity contribution in [2.45, 2.75) is 6.04 Å². The van der Waals surface area contributed by atoms with Crippen LogP contribution in [-0.4, -0.2) is 26.9 Å². The normalized spacial score (nSPS) is 13.0. The number of hydrogen-bond acceptors (Lipinski definition) is 5. The van der Waals surface area contributed by atoms with Gasteiger partial charge in [0.05, 0.1) is 25.9 Å². The van der Waals surface area contributed by atoms with Gasteiger partial charge in [-0.25, -0.2) is 5.43 Å². The van der Waals surface area contributed by atoms with Crippen LogP contribution in [0, 0.1) is 0 Å². The van der Waals surface area contributed by atoms with E-state index in [1.807, 2.05) is 11.4 Å². The van der Waals surface area contributed by atoms with Gasteiger partial charge in [0, 0.05) is 16.5 Å². The van der Waals surface area contributed by atoms with Crippen molar-refractivity contribution in [2.24, 2.45) is 5.84 Å². The molecule has 0 aliphatic rings. The maximum Gasteiger partial charge on any atom is 0.0797 e. The molecule has 15 heavy (non-hydrogen) atoms. The third kappa shape index (κ3) is 4.18. The van der Waals surface area contributed by atoms with Gasteiger partial charge in [0.15, 0.2) is 0 Å². The second kappa shape index (κ2) is 7.32. The Bertz CT molecular complexity index is 283. The molecule has 0 spiro atoms. The predicted molar refractivity (Wildman–Crippen MR) is 64.8 cm³/mol. The Kier molecular flexibility index (Phi) is 6.39. The van der Waals surface area contributed by atoms with Crippen LogP contribution in [0.4, 0.5) is 0 Å². The Morgan fingerprint density at radius 2 is 2.40 bits per heavy atom. The topological polar surface area (TPSA) is 56.5 Å². The fraction of sp³-hybridized carbons (Fsp3) is 0.556. The van der Waals surface area contributed by atoms with E-state index in [2.05, 4.69) is 21.4 Å². The summed E-state index contributed by atoms with van der Waals surface area (Å²) >= 11 is 5.11. The molecule has 0 aromatic carbocycles. The third-order valence-corrected chi connectivity index (χ3v) is 3.86. The predicted octanol–water partition coefficient (Wildman–Crippen LogP) is 1.68. The highest BCUT2D eigenvalue weighted by atomic mass is 79.9. The molecule has 0 fully saturated rings. The molecule has 0 bridgehead atoms. The number of halogens is 1. The first kappa shape index (κ1) is 13.1. The molecular weight excluding hydrogens is 280 g/mol. The van der Waals surface area contributed by atoms with Crippen molar-refractivity contribution < 1.29 is 9.47 Å². The van der Waals surface area contributed by atoms with Gasteiger partial charge in [-0.1, -0.05) is 0 Å². The van der Waals surface area contributed by atoms with Gasteiger partial charge in [0.25, 0.3) is 0 Å². The molecule has 3 N–H and O–H groups in total.